The SMILES string of the molecule is CC(=O)O[C@H]1C[C@](C)(CO)/C(=C\C/C(C)=C/C=C/C(C)=C/C=C/C=C(C)/C=C/C=C(\C)C(=O)C[C@@]23O[C@]2(C)C[C@@H](O)CC3(C)C)[C@](C)(O)C1. The summed E-state index contributed by atoms with van der Waals surface area (Å²) in [5.41, 5.74) is 1.66. The van der Waals surface area contributed by atoms with E-state index in [1.807, 2.05) is 108 Å². The van der Waals surface area contributed by atoms with Crippen LogP contribution in [0.2, 0.25) is 0 Å². The number of ether oxygens (including phenoxy) is 2. The van der Waals surface area contributed by atoms with Gasteiger partial charge in [0.25, 0.3) is 0 Å². The summed E-state index contributed by atoms with van der Waals surface area (Å²) in [4.78, 5) is 24.6. The van der Waals surface area contributed by atoms with Crippen LogP contribution in [-0.4, -0.2) is 62.7 Å². The van der Waals surface area contributed by atoms with E-state index in [9.17, 15) is 24.9 Å². The van der Waals surface area contributed by atoms with Crippen molar-refractivity contribution in [2.45, 2.75) is 137 Å². The third kappa shape index (κ3) is 10.0. The summed E-state index contributed by atoms with van der Waals surface area (Å²) in [7, 11) is 0. The van der Waals surface area contributed by atoms with Crippen molar-refractivity contribution in [1.82, 2.24) is 0 Å². The lowest BCUT2D eigenvalue weighted by Crippen LogP contribution is -2.49. The number of allylic oxidation sites excluding steroid dienone is 15. The van der Waals surface area contributed by atoms with Crippen LogP contribution in [-0.2, 0) is 19.1 Å². The van der Waals surface area contributed by atoms with Gasteiger partial charge in [0.05, 0.1) is 23.9 Å². The number of ketones is 1. The molecule has 0 amide bonds. The largest absolute Gasteiger partial charge is 0.462 e. The molecule has 1 heterocycles. The maximum absolute atomic E-state index is 13.1. The van der Waals surface area contributed by atoms with Crippen molar-refractivity contribution in [2.75, 3.05) is 6.61 Å². The zero-order chi connectivity index (χ0) is 36.8. The first-order chi connectivity index (χ1) is 22.7. The molecule has 270 valence electrons. The number of fused-ring (bicyclic) bond motifs is 1. The number of carbonyl (C=O) groups excluding carboxylic acids is 2. The molecular weight excluding hydrogens is 616 g/mol. The number of epoxide rings is 1. The maximum atomic E-state index is 13.1. The van der Waals surface area contributed by atoms with Gasteiger partial charge in [0, 0.05) is 31.6 Å². The standard InChI is InChI=1S/C42H60O7/c1-29(17-13-18-31(3)21-22-37-39(8,28-43)25-35(48-33(5)44)26-40(37,9)47)15-11-12-16-30(2)19-14-20-32(4)36(46)27-42-38(6,7)23-34(45)24-41(42,10)49-42/h11-20,22,34-35,43,45,47H,21,23-28H2,1-10H3/b12-11+,17-13+,19-14+,29-15+,30-16+,31-18+,32-20+,37-22+/t34-,35-,39+,40+,41+,42-/m0/s1. The molecule has 0 aromatic heterocycles. The Hall–Kier alpha value is -3.10. The minimum atomic E-state index is -1.18. The Morgan fingerprint density at radius 1 is 0.837 bits per heavy atom. The number of rotatable bonds is 13. The van der Waals surface area contributed by atoms with Gasteiger partial charge >= 0.3 is 5.97 Å². The fourth-order valence-corrected chi connectivity index (χ4v) is 8.00. The molecule has 7 nitrogen and oxygen atoms in total. The fourth-order valence-electron chi connectivity index (χ4n) is 8.00. The van der Waals surface area contributed by atoms with E-state index in [0.29, 0.717) is 44.1 Å². The Morgan fingerprint density at radius 3 is 1.98 bits per heavy atom. The molecule has 7 heteroatoms. The Balaban J connectivity index is 1.52. The van der Waals surface area contributed by atoms with E-state index in [1.54, 1.807) is 6.92 Å². The van der Waals surface area contributed by atoms with Gasteiger partial charge in [-0.25, -0.2) is 0 Å². The molecule has 1 aliphatic heterocycles. The molecule has 3 aliphatic rings. The van der Waals surface area contributed by atoms with Gasteiger partial charge < -0.3 is 24.8 Å². The number of hydrogen-bond donors (Lipinski definition) is 3. The molecule has 3 rings (SSSR count). The lowest BCUT2D eigenvalue weighted by molar-refractivity contribution is -0.153. The van der Waals surface area contributed by atoms with Crippen LogP contribution in [0.4, 0.5) is 0 Å². The molecular formula is C42H60O7. The third-order valence-electron chi connectivity index (χ3n) is 10.6. The van der Waals surface area contributed by atoms with Crippen LogP contribution in [0.25, 0.3) is 0 Å². The molecule has 0 bridgehead atoms. The molecule has 3 fully saturated rings. The highest BCUT2D eigenvalue weighted by atomic mass is 16.6. The Bertz CT molecular complexity index is 1500. The Kier molecular flexibility index (Phi) is 13.0. The first kappa shape index (κ1) is 40.3. The van der Waals surface area contributed by atoms with Crippen LogP contribution in [0.1, 0.15) is 108 Å². The van der Waals surface area contributed by atoms with Gasteiger partial charge in [0.2, 0.25) is 0 Å². The highest BCUT2D eigenvalue weighted by Gasteiger charge is 2.76. The van der Waals surface area contributed by atoms with Crippen LogP contribution < -0.4 is 0 Å². The van der Waals surface area contributed by atoms with Gasteiger partial charge in [-0.1, -0.05) is 104 Å². The minimum absolute atomic E-state index is 0.0767. The summed E-state index contributed by atoms with van der Waals surface area (Å²) in [5, 5.41) is 31.7. The molecule has 2 saturated carbocycles. The average Bonchev–Trinajstić information content (AvgIpc) is 3.58. The predicted molar refractivity (Wildman–Crippen MR) is 197 cm³/mol. The van der Waals surface area contributed by atoms with Crippen molar-refractivity contribution in [1.29, 1.82) is 0 Å². The summed E-state index contributed by atoms with van der Waals surface area (Å²) in [5.74, 6) is -0.306. The van der Waals surface area contributed by atoms with Gasteiger partial charge in [0.1, 0.15) is 11.7 Å². The van der Waals surface area contributed by atoms with Gasteiger partial charge in [-0.2, -0.15) is 0 Å². The molecule has 0 aromatic rings. The van der Waals surface area contributed by atoms with E-state index in [4.69, 9.17) is 9.47 Å². The first-order valence-electron chi connectivity index (χ1n) is 17.5. The number of aliphatic hydroxyl groups is 3. The van der Waals surface area contributed by atoms with Gasteiger partial charge in [-0.15, -0.1) is 0 Å². The van der Waals surface area contributed by atoms with E-state index in [2.05, 4.69) is 13.8 Å². The Morgan fingerprint density at radius 2 is 1.43 bits per heavy atom. The number of aliphatic hydroxyl groups excluding tert-OH is 2. The second-order valence-corrected chi connectivity index (χ2v) is 15.9. The zero-order valence-corrected chi connectivity index (χ0v) is 31.4. The lowest BCUT2D eigenvalue weighted by Gasteiger charge is -2.47. The summed E-state index contributed by atoms with van der Waals surface area (Å²) in [6.45, 7) is 19.0. The van der Waals surface area contributed by atoms with Crippen molar-refractivity contribution in [3.8, 4) is 0 Å². The minimum Gasteiger partial charge on any atom is -0.462 e. The summed E-state index contributed by atoms with van der Waals surface area (Å²) in [6.07, 6.45) is 24.0. The van der Waals surface area contributed by atoms with Crippen molar-refractivity contribution in [2.24, 2.45) is 10.8 Å². The van der Waals surface area contributed by atoms with Gasteiger partial charge in [-0.3, -0.25) is 9.59 Å². The molecule has 0 spiro atoms. The van der Waals surface area contributed by atoms with Crippen LogP contribution in [0.5, 0.6) is 0 Å². The second kappa shape index (κ2) is 15.8. The van der Waals surface area contributed by atoms with Crippen LogP contribution in [0, 0.1) is 10.8 Å². The second-order valence-electron chi connectivity index (χ2n) is 15.9. The predicted octanol–water partition coefficient (Wildman–Crippen LogP) is 7.90. The summed E-state index contributed by atoms with van der Waals surface area (Å²) < 4.78 is 11.6. The van der Waals surface area contributed by atoms with Crippen LogP contribution >= 0.6 is 0 Å². The van der Waals surface area contributed by atoms with E-state index in [1.165, 1.54) is 6.92 Å². The normalized spacial score (nSPS) is 35.0. The number of Topliss-reactive ketones (excluding diaryl/α,β-unsaturated/α-hetero) is 1. The quantitative estimate of drug-likeness (QED) is 0.0597. The average molecular weight is 677 g/mol. The molecule has 0 radical (unpaired) electrons. The molecule has 49 heavy (non-hydrogen) atoms. The summed E-state index contributed by atoms with van der Waals surface area (Å²) in [6, 6.07) is 0. The summed E-state index contributed by atoms with van der Waals surface area (Å²) >= 11 is 0. The monoisotopic (exact) mass is 676 g/mol. The molecule has 0 unspecified atom stereocenters. The number of esters is 1. The topological polar surface area (TPSA) is 117 Å². The van der Waals surface area contributed by atoms with Crippen molar-refractivity contribution in [3.63, 3.8) is 0 Å². The smallest absolute Gasteiger partial charge is 0.302 e. The number of hydrogen-bond acceptors (Lipinski definition) is 7. The van der Waals surface area contributed by atoms with Crippen LogP contribution in [0.3, 0.4) is 0 Å². The maximum Gasteiger partial charge on any atom is 0.302 e. The highest BCUT2D eigenvalue weighted by molar-refractivity contribution is 5.96. The van der Waals surface area contributed by atoms with E-state index in [-0.39, 0.29) is 23.8 Å². The van der Waals surface area contributed by atoms with E-state index >= 15 is 0 Å². The lowest BCUT2D eigenvalue weighted by atomic mass is 9.61. The Labute approximate surface area is 294 Å². The van der Waals surface area contributed by atoms with Crippen molar-refractivity contribution < 1.29 is 34.4 Å². The molecule has 2 aliphatic carbocycles. The third-order valence-corrected chi connectivity index (χ3v) is 10.6. The highest BCUT2D eigenvalue weighted by Crippen LogP contribution is 2.67. The first-order valence-corrected chi connectivity index (χ1v) is 17.5. The van der Waals surface area contributed by atoms with Gasteiger partial charge in [-0.05, 0) is 77.4 Å². The van der Waals surface area contributed by atoms with Gasteiger partial charge in [0.15, 0.2) is 5.78 Å². The molecule has 1 saturated heterocycles. The van der Waals surface area contributed by atoms with Crippen LogP contribution in [0.15, 0.2) is 94.7 Å². The fraction of sp³-hybridized carbons (Fsp3) is 0.571. The molecule has 3 N–H and O–H groups in total. The van der Waals surface area contributed by atoms with Crippen molar-refractivity contribution in [3.05, 3.63) is 94.7 Å². The molecule has 6 atom stereocenters. The number of carbonyl (C=O) groups is 2. The van der Waals surface area contributed by atoms with Crippen molar-refractivity contribution >= 4 is 11.8 Å². The molecule has 0 aromatic carbocycles. The van der Waals surface area contributed by atoms with E-state index < -0.39 is 34.4 Å². The zero-order valence-electron chi connectivity index (χ0n) is 31.4. The van der Waals surface area contributed by atoms with E-state index in [0.717, 1.165) is 22.3 Å².